The fourth-order valence-corrected chi connectivity index (χ4v) is 3.25. The van der Waals surface area contributed by atoms with Gasteiger partial charge in [0.1, 0.15) is 5.54 Å². The molecule has 2 rings (SSSR count). The summed E-state index contributed by atoms with van der Waals surface area (Å²) in [6.45, 7) is 4.59. The number of carboxylic acid groups (broad SMARTS) is 1. The molecule has 0 aromatic carbocycles. The maximum atomic E-state index is 10.9. The first-order valence-corrected chi connectivity index (χ1v) is 5.79. The molecule has 0 radical (unpaired) electrons. The van der Waals surface area contributed by atoms with E-state index in [1.165, 1.54) is 12.8 Å². The fraction of sp³-hybridized carbons (Fsp3) is 0.917. The minimum absolute atomic E-state index is 0.267. The molecule has 0 heterocycles. The van der Waals surface area contributed by atoms with Gasteiger partial charge in [-0.25, -0.2) is 0 Å². The largest absolute Gasteiger partial charge is 0.480 e. The van der Waals surface area contributed by atoms with Gasteiger partial charge in [-0.2, -0.15) is 0 Å². The third-order valence-corrected chi connectivity index (χ3v) is 4.47. The van der Waals surface area contributed by atoms with Crippen molar-refractivity contribution in [3.8, 4) is 0 Å². The fourth-order valence-electron chi connectivity index (χ4n) is 3.25. The molecule has 0 aromatic heterocycles. The second-order valence-corrected chi connectivity index (χ2v) is 6.48. The summed E-state index contributed by atoms with van der Waals surface area (Å²) in [4.78, 5) is 10.9. The van der Waals surface area contributed by atoms with Crippen LogP contribution in [0.15, 0.2) is 0 Å². The Morgan fingerprint density at radius 1 is 1.13 bits per heavy atom. The van der Waals surface area contributed by atoms with Crippen LogP contribution < -0.4 is 5.73 Å². The molecule has 3 heteroatoms. The van der Waals surface area contributed by atoms with Crippen LogP contribution in [-0.4, -0.2) is 16.6 Å². The Morgan fingerprint density at radius 3 is 2.00 bits per heavy atom. The molecular formula is C12H21NO2. The van der Waals surface area contributed by atoms with Crippen LogP contribution >= 0.6 is 0 Å². The van der Waals surface area contributed by atoms with Crippen LogP contribution in [0.1, 0.15) is 52.4 Å². The minimum atomic E-state index is -0.915. The highest BCUT2D eigenvalue weighted by molar-refractivity contribution is 5.80. The van der Waals surface area contributed by atoms with Crippen molar-refractivity contribution < 1.29 is 9.90 Å². The highest BCUT2D eigenvalue weighted by atomic mass is 16.4. The van der Waals surface area contributed by atoms with Gasteiger partial charge in [0.05, 0.1) is 0 Å². The second kappa shape index (κ2) is 2.97. The Labute approximate surface area is 91.0 Å². The van der Waals surface area contributed by atoms with E-state index in [1.807, 2.05) is 0 Å². The number of carbonyl (C=O) groups is 1. The molecule has 15 heavy (non-hydrogen) atoms. The third kappa shape index (κ3) is 1.78. The molecule has 0 aromatic rings. The molecule has 2 fully saturated rings. The highest BCUT2D eigenvalue weighted by Crippen LogP contribution is 2.58. The predicted octanol–water partition coefficient (Wildman–Crippen LogP) is 2.15. The Kier molecular flexibility index (Phi) is 2.16. The summed E-state index contributed by atoms with van der Waals surface area (Å²) >= 11 is 0. The molecule has 2 aliphatic rings. The number of hydrogen-bond acceptors (Lipinski definition) is 2. The third-order valence-electron chi connectivity index (χ3n) is 4.47. The first kappa shape index (κ1) is 10.9. The summed E-state index contributed by atoms with van der Waals surface area (Å²) in [5.74, 6) is -0.821. The van der Waals surface area contributed by atoms with Crippen molar-refractivity contribution >= 4 is 5.97 Å². The van der Waals surface area contributed by atoms with Crippen LogP contribution in [0.4, 0.5) is 0 Å². The predicted molar refractivity (Wildman–Crippen MR) is 58.5 cm³/mol. The lowest BCUT2D eigenvalue weighted by Crippen LogP contribution is -2.63. The standard InChI is InChI=1S/C12H21NO2/c1-10(2)3-5-11(6-4-10)7-12(13,8-11)9(14)15/h3-8,13H2,1-2H3,(H,14,15). The average Bonchev–Trinajstić information content (AvgIpc) is 2.07. The Balaban J connectivity index is 1.96. The van der Waals surface area contributed by atoms with Crippen LogP contribution in [0, 0.1) is 10.8 Å². The van der Waals surface area contributed by atoms with E-state index in [9.17, 15) is 4.79 Å². The first-order valence-electron chi connectivity index (χ1n) is 5.79. The topological polar surface area (TPSA) is 63.3 Å². The first-order chi connectivity index (χ1) is 6.77. The van der Waals surface area contributed by atoms with Crippen LogP contribution in [0.5, 0.6) is 0 Å². The van der Waals surface area contributed by atoms with E-state index in [1.54, 1.807) is 0 Å². The van der Waals surface area contributed by atoms with E-state index >= 15 is 0 Å². The van der Waals surface area contributed by atoms with E-state index in [4.69, 9.17) is 10.8 Å². The summed E-state index contributed by atoms with van der Waals surface area (Å²) in [7, 11) is 0. The van der Waals surface area contributed by atoms with Gasteiger partial charge in [-0.05, 0) is 49.4 Å². The molecule has 0 amide bonds. The van der Waals surface area contributed by atoms with Crippen LogP contribution in [0.25, 0.3) is 0 Å². The molecule has 86 valence electrons. The van der Waals surface area contributed by atoms with E-state index < -0.39 is 11.5 Å². The summed E-state index contributed by atoms with van der Waals surface area (Å²) in [5.41, 5.74) is 5.62. The lowest BCUT2D eigenvalue weighted by molar-refractivity contribution is -0.156. The van der Waals surface area contributed by atoms with E-state index in [-0.39, 0.29) is 5.41 Å². The van der Waals surface area contributed by atoms with Crippen LogP contribution in [0.3, 0.4) is 0 Å². The molecule has 0 unspecified atom stereocenters. The lowest BCUT2D eigenvalue weighted by atomic mass is 9.50. The second-order valence-electron chi connectivity index (χ2n) is 6.48. The van der Waals surface area contributed by atoms with Gasteiger partial charge in [0.25, 0.3) is 0 Å². The number of carboxylic acids is 1. The van der Waals surface area contributed by atoms with Crippen molar-refractivity contribution in [2.24, 2.45) is 16.6 Å². The zero-order chi connectivity index (χ0) is 11.3. The van der Waals surface area contributed by atoms with Crippen molar-refractivity contribution in [2.75, 3.05) is 0 Å². The van der Waals surface area contributed by atoms with Crippen LogP contribution in [-0.2, 0) is 4.79 Å². The quantitative estimate of drug-likeness (QED) is 0.698. The Bertz CT molecular complexity index is 278. The van der Waals surface area contributed by atoms with Gasteiger partial charge in [-0.3, -0.25) is 4.79 Å². The lowest BCUT2D eigenvalue weighted by Gasteiger charge is -2.56. The molecule has 3 N–H and O–H groups in total. The van der Waals surface area contributed by atoms with Gasteiger partial charge in [-0.1, -0.05) is 13.8 Å². The molecule has 2 saturated carbocycles. The van der Waals surface area contributed by atoms with Gasteiger partial charge in [0.2, 0.25) is 0 Å². The Morgan fingerprint density at radius 2 is 1.60 bits per heavy atom. The van der Waals surface area contributed by atoms with E-state index in [0.717, 1.165) is 12.8 Å². The molecule has 0 bridgehead atoms. The maximum Gasteiger partial charge on any atom is 0.323 e. The molecule has 3 nitrogen and oxygen atoms in total. The van der Waals surface area contributed by atoms with Crippen molar-refractivity contribution in [1.82, 2.24) is 0 Å². The zero-order valence-corrected chi connectivity index (χ0v) is 9.68. The van der Waals surface area contributed by atoms with Crippen molar-refractivity contribution in [3.05, 3.63) is 0 Å². The number of rotatable bonds is 1. The van der Waals surface area contributed by atoms with Crippen molar-refractivity contribution in [3.63, 3.8) is 0 Å². The summed E-state index contributed by atoms with van der Waals surface area (Å²) in [6, 6.07) is 0. The minimum Gasteiger partial charge on any atom is -0.480 e. The molecular weight excluding hydrogens is 190 g/mol. The molecule has 0 saturated heterocycles. The maximum absolute atomic E-state index is 10.9. The van der Waals surface area contributed by atoms with Gasteiger partial charge < -0.3 is 10.8 Å². The molecule has 0 atom stereocenters. The summed E-state index contributed by atoms with van der Waals surface area (Å²) in [6.07, 6.45) is 6.11. The van der Waals surface area contributed by atoms with Crippen molar-refractivity contribution in [2.45, 2.75) is 57.9 Å². The van der Waals surface area contributed by atoms with Gasteiger partial charge in [0, 0.05) is 0 Å². The van der Waals surface area contributed by atoms with Gasteiger partial charge in [0.15, 0.2) is 0 Å². The number of nitrogens with two attached hydrogens (primary N) is 1. The van der Waals surface area contributed by atoms with Gasteiger partial charge in [-0.15, -0.1) is 0 Å². The summed E-state index contributed by atoms with van der Waals surface area (Å²) in [5, 5.41) is 8.98. The SMILES string of the molecule is CC1(C)CCC2(CC1)CC(N)(C(=O)O)C2. The number of hydrogen-bond donors (Lipinski definition) is 2. The molecule has 0 aliphatic heterocycles. The highest BCUT2D eigenvalue weighted by Gasteiger charge is 2.57. The van der Waals surface area contributed by atoms with Gasteiger partial charge >= 0.3 is 5.97 Å². The molecule has 2 aliphatic carbocycles. The van der Waals surface area contributed by atoms with E-state index in [0.29, 0.717) is 18.3 Å². The smallest absolute Gasteiger partial charge is 0.323 e. The summed E-state index contributed by atoms with van der Waals surface area (Å²) < 4.78 is 0. The normalized spacial score (nSPS) is 30.9. The average molecular weight is 211 g/mol. The molecule has 1 spiro atoms. The zero-order valence-electron chi connectivity index (χ0n) is 9.68. The number of aliphatic carboxylic acids is 1. The van der Waals surface area contributed by atoms with E-state index in [2.05, 4.69) is 13.8 Å². The monoisotopic (exact) mass is 211 g/mol. The Hall–Kier alpha value is -0.570. The van der Waals surface area contributed by atoms with Crippen molar-refractivity contribution in [1.29, 1.82) is 0 Å². The van der Waals surface area contributed by atoms with Crippen LogP contribution in [0.2, 0.25) is 0 Å².